The molecule has 0 atom stereocenters. The molecule has 1 amide bonds. The molecule has 0 bridgehead atoms. The van der Waals surface area contributed by atoms with E-state index < -0.39 is 0 Å². The molecule has 0 spiro atoms. The van der Waals surface area contributed by atoms with Crippen LogP contribution in [-0.4, -0.2) is 36.1 Å². The van der Waals surface area contributed by atoms with Gasteiger partial charge in [0, 0.05) is 16.6 Å². The molecule has 0 saturated carbocycles. The van der Waals surface area contributed by atoms with Gasteiger partial charge in [-0.05, 0) is 48.0 Å². The normalized spacial score (nSPS) is 18.8. The number of carbonyl (C=O) groups excluding carboxylic acids is 1. The summed E-state index contributed by atoms with van der Waals surface area (Å²) in [6.45, 7) is 5.79. The number of amides is 1. The van der Waals surface area contributed by atoms with Gasteiger partial charge >= 0.3 is 0 Å². The average Bonchev–Trinajstić information content (AvgIpc) is 2.31. The molecule has 0 N–H and O–H groups in total. The minimum atomic E-state index is -0.276. The zero-order chi connectivity index (χ0) is 13.3. The van der Waals surface area contributed by atoms with Crippen molar-refractivity contribution in [3.63, 3.8) is 0 Å². The quantitative estimate of drug-likeness (QED) is 0.789. The van der Waals surface area contributed by atoms with Crippen LogP contribution in [0.3, 0.4) is 0 Å². The molecule has 1 fully saturated rings. The maximum absolute atomic E-state index is 12.5. The Labute approximate surface area is 120 Å². The summed E-state index contributed by atoms with van der Waals surface area (Å²) >= 11 is 9.27. The summed E-state index contributed by atoms with van der Waals surface area (Å²) in [7, 11) is 0. The van der Waals surface area contributed by atoms with E-state index in [1.54, 1.807) is 18.2 Å². The molecule has 5 heteroatoms. The fourth-order valence-corrected chi connectivity index (χ4v) is 2.52. The Balaban J connectivity index is 2.27. The van der Waals surface area contributed by atoms with Crippen molar-refractivity contribution in [3.05, 3.63) is 33.3 Å². The summed E-state index contributed by atoms with van der Waals surface area (Å²) in [4.78, 5) is 14.3. The van der Waals surface area contributed by atoms with Crippen LogP contribution in [0.15, 0.2) is 22.7 Å². The van der Waals surface area contributed by atoms with Crippen LogP contribution < -0.4 is 0 Å². The van der Waals surface area contributed by atoms with E-state index in [-0.39, 0.29) is 11.4 Å². The van der Waals surface area contributed by atoms with Gasteiger partial charge in [0.15, 0.2) is 0 Å². The maximum atomic E-state index is 12.5. The van der Waals surface area contributed by atoms with Gasteiger partial charge in [0.2, 0.25) is 0 Å². The summed E-state index contributed by atoms with van der Waals surface area (Å²) < 4.78 is 6.16. The lowest BCUT2D eigenvalue weighted by Gasteiger charge is -2.42. The number of ether oxygens (including phenoxy) is 1. The van der Waals surface area contributed by atoms with E-state index in [0.29, 0.717) is 30.3 Å². The molecule has 1 aliphatic rings. The first kappa shape index (κ1) is 13.8. The number of halogens is 2. The number of morpholine rings is 1. The van der Waals surface area contributed by atoms with Crippen molar-refractivity contribution < 1.29 is 9.53 Å². The summed E-state index contributed by atoms with van der Waals surface area (Å²) in [5.74, 6) is 0.0145. The Morgan fingerprint density at radius 1 is 1.50 bits per heavy atom. The fourth-order valence-electron chi connectivity index (χ4n) is 2.02. The maximum Gasteiger partial charge on any atom is 0.254 e. The second-order valence-corrected chi connectivity index (χ2v) is 6.21. The van der Waals surface area contributed by atoms with Gasteiger partial charge in [-0.15, -0.1) is 0 Å². The van der Waals surface area contributed by atoms with Gasteiger partial charge in [0.05, 0.1) is 23.8 Å². The molecule has 1 aromatic rings. The fraction of sp³-hybridized carbons (Fsp3) is 0.462. The van der Waals surface area contributed by atoms with Gasteiger partial charge in [-0.3, -0.25) is 4.79 Å². The smallest absolute Gasteiger partial charge is 0.254 e. The van der Waals surface area contributed by atoms with Gasteiger partial charge < -0.3 is 9.64 Å². The summed E-state index contributed by atoms with van der Waals surface area (Å²) in [6, 6.07) is 5.24. The SMILES string of the molecule is CC1(C)COCCN1C(=O)c1ccc(Cl)c(Br)c1. The van der Waals surface area contributed by atoms with Crippen LogP contribution in [0.1, 0.15) is 24.2 Å². The predicted octanol–water partition coefficient (Wildman–Crippen LogP) is 3.35. The Morgan fingerprint density at radius 2 is 2.22 bits per heavy atom. The number of hydrogen-bond donors (Lipinski definition) is 0. The highest BCUT2D eigenvalue weighted by Gasteiger charge is 2.34. The minimum Gasteiger partial charge on any atom is -0.377 e. The molecule has 2 rings (SSSR count). The van der Waals surface area contributed by atoms with E-state index in [4.69, 9.17) is 16.3 Å². The van der Waals surface area contributed by atoms with E-state index in [2.05, 4.69) is 15.9 Å². The highest BCUT2D eigenvalue weighted by atomic mass is 79.9. The van der Waals surface area contributed by atoms with Gasteiger partial charge in [-0.1, -0.05) is 11.6 Å². The molecule has 1 saturated heterocycles. The van der Waals surface area contributed by atoms with Crippen LogP contribution >= 0.6 is 27.5 Å². The first-order chi connectivity index (χ1) is 8.42. The molecular weight excluding hydrogens is 318 g/mol. The first-order valence-corrected chi connectivity index (χ1v) is 6.94. The van der Waals surface area contributed by atoms with Gasteiger partial charge in [-0.25, -0.2) is 0 Å². The zero-order valence-electron chi connectivity index (χ0n) is 10.4. The third kappa shape index (κ3) is 2.71. The monoisotopic (exact) mass is 331 g/mol. The van der Waals surface area contributed by atoms with Crippen molar-refractivity contribution in [2.45, 2.75) is 19.4 Å². The molecule has 1 aromatic carbocycles. The number of rotatable bonds is 1. The van der Waals surface area contributed by atoms with Crippen molar-refractivity contribution in [2.75, 3.05) is 19.8 Å². The molecule has 3 nitrogen and oxygen atoms in total. The van der Waals surface area contributed by atoms with Crippen LogP contribution in [0, 0.1) is 0 Å². The third-order valence-corrected chi connectivity index (χ3v) is 4.27. The summed E-state index contributed by atoms with van der Waals surface area (Å²) in [5.41, 5.74) is 0.364. The standard InChI is InChI=1S/C13H15BrClNO2/c1-13(2)8-18-6-5-16(13)12(17)9-3-4-11(15)10(14)7-9/h3-4,7H,5-6,8H2,1-2H3. The third-order valence-electron chi connectivity index (χ3n) is 3.06. The van der Waals surface area contributed by atoms with E-state index in [1.165, 1.54) is 0 Å². The molecule has 1 heterocycles. The molecule has 0 aromatic heterocycles. The zero-order valence-corrected chi connectivity index (χ0v) is 12.7. The molecule has 98 valence electrons. The lowest BCUT2D eigenvalue weighted by Crippen LogP contribution is -2.55. The number of hydrogen-bond acceptors (Lipinski definition) is 2. The largest absolute Gasteiger partial charge is 0.377 e. The Kier molecular flexibility index (Phi) is 3.99. The molecule has 18 heavy (non-hydrogen) atoms. The lowest BCUT2D eigenvalue weighted by molar-refractivity contribution is -0.0370. The Bertz CT molecular complexity index is 476. The average molecular weight is 333 g/mol. The van der Waals surface area contributed by atoms with Crippen molar-refractivity contribution in [3.8, 4) is 0 Å². The van der Waals surface area contributed by atoms with Gasteiger partial charge in [0.25, 0.3) is 5.91 Å². The van der Waals surface area contributed by atoms with E-state index in [1.807, 2.05) is 18.7 Å². The van der Waals surface area contributed by atoms with Crippen molar-refractivity contribution >= 4 is 33.4 Å². The second kappa shape index (κ2) is 5.19. The van der Waals surface area contributed by atoms with Crippen molar-refractivity contribution in [2.24, 2.45) is 0 Å². The summed E-state index contributed by atoms with van der Waals surface area (Å²) in [6.07, 6.45) is 0. The van der Waals surface area contributed by atoms with Crippen LogP contribution in [0.4, 0.5) is 0 Å². The van der Waals surface area contributed by atoms with Crippen LogP contribution in [-0.2, 0) is 4.74 Å². The van der Waals surface area contributed by atoms with Crippen LogP contribution in [0.25, 0.3) is 0 Å². The Hall–Kier alpha value is -0.580. The minimum absolute atomic E-state index is 0.0145. The predicted molar refractivity (Wildman–Crippen MR) is 75.1 cm³/mol. The molecule has 0 unspecified atom stereocenters. The highest BCUT2D eigenvalue weighted by molar-refractivity contribution is 9.10. The van der Waals surface area contributed by atoms with E-state index in [9.17, 15) is 4.79 Å². The van der Waals surface area contributed by atoms with E-state index in [0.717, 1.165) is 4.47 Å². The molecule has 0 radical (unpaired) electrons. The van der Waals surface area contributed by atoms with Crippen molar-refractivity contribution in [1.82, 2.24) is 4.90 Å². The number of nitrogens with zero attached hydrogens (tertiary/aromatic N) is 1. The first-order valence-electron chi connectivity index (χ1n) is 5.76. The van der Waals surface area contributed by atoms with Crippen LogP contribution in [0.2, 0.25) is 5.02 Å². The topological polar surface area (TPSA) is 29.5 Å². The van der Waals surface area contributed by atoms with Crippen molar-refractivity contribution in [1.29, 1.82) is 0 Å². The summed E-state index contributed by atoms with van der Waals surface area (Å²) in [5, 5.41) is 0.604. The lowest BCUT2D eigenvalue weighted by atomic mass is 10.0. The number of benzene rings is 1. The highest BCUT2D eigenvalue weighted by Crippen LogP contribution is 2.26. The molecule has 0 aliphatic carbocycles. The number of carbonyl (C=O) groups is 1. The Morgan fingerprint density at radius 3 is 2.83 bits per heavy atom. The van der Waals surface area contributed by atoms with Gasteiger partial charge in [0.1, 0.15) is 0 Å². The van der Waals surface area contributed by atoms with Crippen LogP contribution in [0.5, 0.6) is 0 Å². The van der Waals surface area contributed by atoms with E-state index >= 15 is 0 Å². The second-order valence-electron chi connectivity index (χ2n) is 4.95. The molecular formula is C13H15BrClNO2. The van der Waals surface area contributed by atoms with Gasteiger partial charge in [-0.2, -0.15) is 0 Å². The molecule has 1 aliphatic heterocycles.